The van der Waals surface area contributed by atoms with Gasteiger partial charge in [0.25, 0.3) is 0 Å². The highest BCUT2D eigenvalue weighted by atomic mass is 32.2. The van der Waals surface area contributed by atoms with Crippen LogP contribution in [0.1, 0.15) is 52.9 Å². The maximum Gasteiger partial charge on any atom is 0.0246 e. The van der Waals surface area contributed by atoms with E-state index in [1.807, 2.05) is 11.8 Å². The third kappa shape index (κ3) is 4.37. The molecule has 2 heteroatoms. The molecule has 1 aliphatic rings. The van der Waals surface area contributed by atoms with Crippen LogP contribution in [0.25, 0.3) is 0 Å². The summed E-state index contributed by atoms with van der Waals surface area (Å²) >= 11 is 2.01. The SMILES string of the molecule is CC(C)(C)SCC1(N)CCCCC1. The molecule has 78 valence electrons. The Balaban J connectivity index is 2.33. The van der Waals surface area contributed by atoms with E-state index in [1.165, 1.54) is 32.1 Å². The first-order chi connectivity index (χ1) is 5.91. The first-order valence-electron chi connectivity index (χ1n) is 5.34. The number of nitrogens with two attached hydrogens (primary N) is 1. The maximum absolute atomic E-state index is 6.35. The molecule has 1 rings (SSSR count). The van der Waals surface area contributed by atoms with Crippen LogP contribution >= 0.6 is 11.8 Å². The lowest BCUT2D eigenvalue weighted by Crippen LogP contribution is -2.45. The third-order valence-corrected chi connectivity index (χ3v) is 4.23. The summed E-state index contributed by atoms with van der Waals surface area (Å²) < 4.78 is 0.365. The Bertz CT molecular complexity index is 154. The average molecular weight is 201 g/mol. The van der Waals surface area contributed by atoms with E-state index in [0.29, 0.717) is 4.75 Å². The molecule has 1 saturated carbocycles. The first-order valence-corrected chi connectivity index (χ1v) is 6.33. The molecule has 0 bridgehead atoms. The number of thioether (sulfide) groups is 1. The molecule has 0 spiro atoms. The van der Waals surface area contributed by atoms with Crippen LogP contribution < -0.4 is 5.73 Å². The molecule has 0 unspecified atom stereocenters. The number of hydrogen-bond acceptors (Lipinski definition) is 2. The van der Waals surface area contributed by atoms with E-state index in [2.05, 4.69) is 20.8 Å². The van der Waals surface area contributed by atoms with E-state index in [0.717, 1.165) is 5.75 Å². The highest BCUT2D eigenvalue weighted by Crippen LogP contribution is 2.33. The van der Waals surface area contributed by atoms with Gasteiger partial charge in [0.05, 0.1) is 0 Å². The van der Waals surface area contributed by atoms with Crippen molar-refractivity contribution in [2.24, 2.45) is 5.73 Å². The Morgan fingerprint density at radius 2 is 1.69 bits per heavy atom. The van der Waals surface area contributed by atoms with Gasteiger partial charge in [-0.25, -0.2) is 0 Å². The van der Waals surface area contributed by atoms with Gasteiger partial charge in [0.2, 0.25) is 0 Å². The normalized spacial score (nSPS) is 23.1. The van der Waals surface area contributed by atoms with Crippen molar-refractivity contribution in [3.8, 4) is 0 Å². The summed E-state index contributed by atoms with van der Waals surface area (Å²) in [5.74, 6) is 1.14. The van der Waals surface area contributed by atoms with Crippen molar-refractivity contribution in [2.45, 2.75) is 63.2 Å². The summed E-state index contributed by atoms with van der Waals surface area (Å²) in [4.78, 5) is 0. The molecule has 1 nitrogen and oxygen atoms in total. The van der Waals surface area contributed by atoms with E-state index in [-0.39, 0.29) is 5.54 Å². The largest absolute Gasteiger partial charge is 0.324 e. The van der Waals surface area contributed by atoms with Gasteiger partial charge in [0, 0.05) is 16.0 Å². The Kier molecular flexibility index (Phi) is 3.70. The van der Waals surface area contributed by atoms with Crippen LogP contribution in [-0.2, 0) is 0 Å². The molecule has 0 heterocycles. The Hall–Kier alpha value is 0.310. The molecule has 0 aliphatic heterocycles. The van der Waals surface area contributed by atoms with Gasteiger partial charge in [-0.05, 0) is 12.8 Å². The minimum Gasteiger partial charge on any atom is -0.324 e. The van der Waals surface area contributed by atoms with Gasteiger partial charge in [-0.3, -0.25) is 0 Å². The Morgan fingerprint density at radius 1 is 1.15 bits per heavy atom. The highest BCUT2D eigenvalue weighted by molar-refractivity contribution is 8.00. The van der Waals surface area contributed by atoms with Gasteiger partial charge in [0.15, 0.2) is 0 Å². The molecule has 0 saturated heterocycles. The molecule has 13 heavy (non-hydrogen) atoms. The fourth-order valence-electron chi connectivity index (χ4n) is 1.76. The highest BCUT2D eigenvalue weighted by Gasteiger charge is 2.28. The van der Waals surface area contributed by atoms with Crippen molar-refractivity contribution in [2.75, 3.05) is 5.75 Å². The fraction of sp³-hybridized carbons (Fsp3) is 1.00. The van der Waals surface area contributed by atoms with E-state index in [4.69, 9.17) is 5.73 Å². The second-order valence-electron chi connectivity index (χ2n) is 5.32. The second-order valence-corrected chi connectivity index (χ2v) is 7.13. The van der Waals surface area contributed by atoms with Crippen LogP contribution in [0.5, 0.6) is 0 Å². The maximum atomic E-state index is 6.35. The molecule has 0 aromatic carbocycles. The summed E-state index contributed by atoms with van der Waals surface area (Å²) in [5.41, 5.74) is 6.49. The van der Waals surface area contributed by atoms with Crippen LogP contribution in [-0.4, -0.2) is 16.0 Å². The quantitative estimate of drug-likeness (QED) is 0.742. The molecule has 0 amide bonds. The summed E-state index contributed by atoms with van der Waals surface area (Å²) in [5, 5.41) is 0. The topological polar surface area (TPSA) is 26.0 Å². The van der Waals surface area contributed by atoms with Crippen LogP contribution in [0.4, 0.5) is 0 Å². The molecular formula is C11H23NS. The summed E-state index contributed by atoms with van der Waals surface area (Å²) in [6.45, 7) is 6.80. The summed E-state index contributed by atoms with van der Waals surface area (Å²) in [6.07, 6.45) is 6.52. The van der Waals surface area contributed by atoms with Crippen molar-refractivity contribution in [1.82, 2.24) is 0 Å². The van der Waals surface area contributed by atoms with Crippen molar-refractivity contribution in [1.29, 1.82) is 0 Å². The molecule has 0 aromatic rings. The number of hydrogen-bond donors (Lipinski definition) is 1. The smallest absolute Gasteiger partial charge is 0.0246 e. The zero-order valence-electron chi connectivity index (χ0n) is 9.23. The van der Waals surface area contributed by atoms with E-state index in [1.54, 1.807) is 0 Å². The molecule has 0 aromatic heterocycles. The van der Waals surface area contributed by atoms with Gasteiger partial charge in [0.1, 0.15) is 0 Å². The zero-order valence-corrected chi connectivity index (χ0v) is 10.0. The van der Waals surface area contributed by atoms with Gasteiger partial charge < -0.3 is 5.73 Å². The lowest BCUT2D eigenvalue weighted by atomic mass is 9.84. The van der Waals surface area contributed by atoms with E-state index in [9.17, 15) is 0 Å². The third-order valence-electron chi connectivity index (χ3n) is 2.64. The summed E-state index contributed by atoms with van der Waals surface area (Å²) in [6, 6.07) is 0. The fourth-order valence-corrected chi connectivity index (χ4v) is 2.77. The monoisotopic (exact) mass is 201 g/mol. The van der Waals surface area contributed by atoms with Gasteiger partial charge in [-0.15, -0.1) is 0 Å². The molecule has 0 atom stereocenters. The molecular weight excluding hydrogens is 178 g/mol. The van der Waals surface area contributed by atoms with Gasteiger partial charge in [-0.1, -0.05) is 40.0 Å². The van der Waals surface area contributed by atoms with Crippen molar-refractivity contribution in [3.05, 3.63) is 0 Å². The lowest BCUT2D eigenvalue weighted by Gasteiger charge is -2.35. The van der Waals surface area contributed by atoms with E-state index < -0.39 is 0 Å². The predicted molar refractivity (Wildman–Crippen MR) is 62.2 cm³/mol. The lowest BCUT2D eigenvalue weighted by molar-refractivity contribution is 0.328. The Labute approximate surface area is 86.8 Å². The Morgan fingerprint density at radius 3 is 2.15 bits per heavy atom. The second kappa shape index (κ2) is 4.22. The average Bonchev–Trinajstić information content (AvgIpc) is 2.02. The van der Waals surface area contributed by atoms with Crippen molar-refractivity contribution < 1.29 is 0 Å². The first kappa shape index (κ1) is 11.4. The van der Waals surface area contributed by atoms with Gasteiger partial charge >= 0.3 is 0 Å². The summed E-state index contributed by atoms with van der Waals surface area (Å²) in [7, 11) is 0. The number of rotatable bonds is 2. The molecule has 0 radical (unpaired) electrons. The van der Waals surface area contributed by atoms with Crippen LogP contribution in [0.15, 0.2) is 0 Å². The predicted octanol–water partition coefficient (Wildman–Crippen LogP) is 3.18. The minimum absolute atomic E-state index is 0.149. The van der Waals surface area contributed by atoms with Gasteiger partial charge in [-0.2, -0.15) is 11.8 Å². The zero-order chi connectivity index (χ0) is 9.95. The standard InChI is InChI=1S/C11H23NS/c1-10(2,3)13-9-11(12)7-5-4-6-8-11/h4-9,12H2,1-3H3. The van der Waals surface area contributed by atoms with Crippen molar-refractivity contribution >= 4 is 11.8 Å². The van der Waals surface area contributed by atoms with Crippen LogP contribution in [0, 0.1) is 0 Å². The van der Waals surface area contributed by atoms with Crippen molar-refractivity contribution in [3.63, 3.8) is 0 Å². The van der Waals surface area contributed by atoms with Crippen LogP contribution in [0.2, 0.25) is 0 Å². The van der Waals surface area contributed by atoms with E-state index >= 15 is 0 Å². The van der Waals surface area contributed by atoms with Crippen LogP contribution in [0.3, 0.4) is 0 Å². The molecule has 2 N–H and O–H groups in total. The minimum atomic E-state index is 0.149. The molecule has 1 fully saturated rings. The molecule has 1 aliphatic carbocycles.